The number of morpholine rings is 1. The minimum absolute atomic E-state index is 0.0531. The number of amides is 2. The third kappa shape index (κ3) is 4.26. The molecule has 24 heavy (non-hydrogen) atoms. The monoisotopic (exact) mass is 331 g/mol. The summed E-state index contributed by atoms with van der Waals surface area (Å²) in [6.07, 6.45) is 2.44. The van der Waals surface area contributed by atoms with Crippen LogP contribution in [0.2, 0.25) is 0 Å². The topological polar surface area (TPSA) is 61.9 Å². The molecule has 130 valence electrons. The van der Waals surface area contributed by atoms with E-state index in [9.17, 15) is 9.59 Å². The van der Waals surface area contributed by atoms with Crippen molar-refractivity contribution in [1.29, 1.82) is 0 Å². The van der Waals surface area contributed by atoms with E-state index in [2.05, 4.69) is 10.2 Å². The number of hydrogen-bond acceptors (Lipinski definition) is 4. The van der Waals surface area contributed by atoms with E-state index >= 15 is 0 Å². The number of carbonyl (C=O) groups is 2. The maximum atomic E-state index is 12.3. The molecule has 1 aromatic rings. The molecule has 1 aromatic carbocycles. The quantitative estimate of drug-likeness (QED) is 0.864. The van der Waals surface area contributed by atoms with Crippen molar-refractivity contribution >= 4 is 23.2 Å². The lowest BCUT2D eigenvalue weighted by Gasteiger charge is -2.30. The molecule has 1 aliphatic heterocycles. The van der Waals surface area contributed by atoms with Gasteiger partial charge in [0.05, 0.1) is 24.6 Å². The van der Waals surface area contributed by atoms with Gasteiger partial charge in [0.2, 0.25) is 11.8 Å². The molecule has 2 fully saturated rings. The largest absolute Gasteiger partial charge is 0.378 e. The molecule has 0 bridgehead atoms. The van der Waals surface area contributed by atoms with Crippen molar-refractivity contribution in [3.05, 3.63) is 24.3 Å². The van der Waals surface area contributed by atoms with Gasteiger partial charge < -0.3 is 19.9 Å². The number of hydrogen-bond donors (Lipinski definition) is 1. The fourth-order valence-corrected chi connectivity index (χ4v) is 3.08. The van der Waals surface area contributed by atoms with Gasteiger partial charge in [-0.2, -0.15) is 0 Å². The average molecular weight is 331 g/mol. The first kappa shape index (κ1) is 16.8. The summed E-state index contributed by atoms with van der Waals surface area (Å²) in [6, 6.07) is 8.19. The minimum atomic E-state index is -0.0531. The van der Waals surface area contributed by atoms with Crippen LogP contribution in [0, 0.1) is 0 Å². The van der Waals surface area contributed by atoms with Crippen molar-refractivity contribution in [2.45, 2.75) is 32.2 Å². The summed E-state index contributed by atoms with van der Waals surface area (Å²) < 4.78 is 5.39. The van der Waals surface area contributed by atoms with E-state index in [1.54, 1.807) is 6.92 Å². The molecule has 0 radical (unpaired) electrons. The Morgan fingerprint density at radius 3 is 2.62 bits per heavy atom. The lowest BCUT2D eigenvalue weighted by molar-refractivity contribution is -0.129. The molecule has 1 saturated heterocycles. The lowest BCUT2D eigenvalue weighted by Crippen LogP contribution is -2.37. The SMILES string of the molecule is CC(=O)N(CCC(=O)Nc1ccccc1N1CCOCC1)C1CC1. The highest BCUT2D eigenvalue weighted by molar-refractivity contribution is 5.94. The second kappa shape index (κ2) is 7.66. The molecule has 0 atom stereocenters. The smallest absolute Gasteiger partial charge is 0.226 e. The van der Waals surface area contributed by atoms with Crippen LogP contribution in [0.3, 0.4) is 0 Å². The van der Waals surface area contributed by atoms with E-state index < -0.39 is 0 Å². The van der Waals surface area contributed by atoms with Gasteiger partial charge in [0, 0.05) is 39.0 Å². The summed E-state index contributed by atoms with van der Waals surface area (Å²) in [6.45, 7) is 5.13. The van der Waals surface area contributed by atoms with Crippen molar-refractivity contribution in [2.75, 3.05) is 43.1 Å². The molecule has 0 aromatic heterocycles. The van der Waals surface area contributed by atoms with E-state index in [0.29, 0.717) is 32.2 Å². The Morgan fingerprint density at radius 1 is 1.25 bits per heavy atom. The highest BCUT2D eigenvalue weighted by atomic mass is 16.5. The second-order valence-electron chi connectivity index (χ2n) is 6.36. The second-order valence-corrected chi connectivity index (χ2v) is 6.36. The Bertz CT molecular complexity index is 595. The molecule has 2 amide bonds. The zero-order chi connectivity index (χ0) is 16.9. The van der Waals surface area contributed by atoms with Crippen LogP contribution in [-0.4, -0.2) is 55.6 Å². The number of anilines is 2. The summed E-state index contributed by atoms with van der Waals surface area (Å²) in [5, 5.41) is 3.00. The summed E-state index contributed by atoms with van der Waals surface area (Å²) in [5.74, 6) is 0.00151. The van der Waals surface area contributed by atoms with Crippen molar-refractivity contribution < 1.29 is 14.3 Å². The van der Waals surface area contributed by atoms with E-state index in [4.69, 9.17) is 4.74 Å². The molecular weight excluding hydrogens is 306 g/mol. The molecule has 1 heterocycles. The van der Waals surface area contributed by atoms with Crippen molar-refractivity contribution in [2.24, 2.45) is 0 Å². The van der Waals surface area contributed by atoms with Crippen LogP contribution in [0.4, 0.5) is 11.4 Å². The summed E-state index contributed by atoms with van der Waals surface area (Å²) in [4.78, 5) is 28.0. The first-order valence-corrected chi connectivity index (χ1v) is 8.64. The van der Waals surface area contributed by atoms with Gasteiger partial charge in [-0.3, -0.25) is 9.59 Å². The van der Waals surface area contributed by atoms with Gasteiger partial charge in [-0.1, -0.05) is 12.1 Å². The van der Waals surface area contributed by atoms with Crippen LogP contribution in [-0.2, 0) is 14.3 Å². The lowest BCUT2D eigenvalue weighted by atomic mass is 10.2. The van der Waals surface area contributed by atoms with Gasteiger partial charge >= 0.3 is 0 Å². The number of benzene rings is 1. The summed E-state index contributed by atoms with van der Waals surface area (Å²) >= 11 is 0. The van der Waals surface area contributed by atoms with Gasteiger partial charge in [-0.15, -0.1) is 0 Å². The number of rotatable bonds is 6. The maximum absolute atomic E-state index is 12.3. The third-order valence-corrected chi connectivity index (χ3v) is 4.50. The standard InChI is InChI=1S/C18H25N3O3/c1-14(22)21(15-6-7-15)9-8-18(23)19-16-4-2-3-5-17(16)20-10-12-24-13-11-20/h2-5,15H,6-13H2,1H3,(H,19,23). The third-order valence-electron chi connectivity index (χ3n) is 4.50. The number of nitrogens with zero attached hydrogens (tertiary/aromatic N) is 2. The zero-order valence-electron chi connectivity index (χ0n) is 14.2. The van der Waals surface area contributed by atoms with Gasteiger partial charge in [-0.05, 0) is 25.0 Å². The van der Waals surface area contributed by atoms with Crippen LogP contribution in [0.1, 0.15) is 26.2 Å². The fourth-order valence-electron chi connectivity index (χ4n) is 3.08. The predicted molar refractivity (Wildman–Crippen MR) is 93.1 cm³/mol. The molecule has 1 N–H and O–H groups in total. The molecule has 0 unspecified atom stereocenters. The molecule has 0 spiro atoms. The fraction of sp³-hybridized carbons (Fsp3) is 0.556. The predicted octanol–water partition coefficient (Wildman–Crippen LogP) is 1.86. The van der Waals surface area contributed by atoms with Crippen LogP contribution in [0.15, 0.2) is 24.3 Å². The number of ether oxygens (including phenoxy) is 1. The highest BCUT2D eigenvalue weighted by Gasteiger charge is 2.30. The van der Waals surface area contributed by atoms with E-state index in [1.165, 1.54) is 0 Å². The normalized spacial score (nSPS) is 17.5. The minimum Gasteiger partial charge on any atom is -0.378 e. The molecular formula is C18H25N3O3. The zero-order valence-corrected chi connectivity index (χ0v) is 14.2. The van der Waals surface area contributed by atoms with Gasteiger partial charge in [0.1, 0.15) is 0 Å². The van der Waals surface area contributed by atoms with Gasteiger partial charge in [0.15, 0.2) is 0 Å². The number of nitrogens with one attached hydrogen (secondary N) is 1. The Hall–Kier alpha value is -2.08. The first-order valence-electron chi connectivity index (χ1n) is 8.64. The van der Waals surface area contributed by atoms with Crippen molar-refractivity contribution in [3.8, 4) is 0 Å². The van der Waals surface area contributed by atoms with Gasteiger partial charge in [0.25, 0.3) is 0 Å². The first-order chi connectivity index (χ1) is 11.6. The Kier molecular flexibility index (Phi) is 5.35. The highest BCUT2D eigenvalue weighted by Crippen LogP contribution is 2.28. The van der Waals surface area contributed by atoms with Crippen molar-refractivity contribution in [1.82, 2.24) is 4.90 Å². The van der Waals surface area contributed by atoms with E-state index in [0.717, 1.165) is 37.3 Å². The van der Waals surface area contributed by atoms with Crippen molar-refractivity contribution in [3.63, 3.8) is 0 Å². The molecule has 1 aliphatic carbocycles. The number of carbonyl (C=O) groups excluding carboxylic acids is 2. The van der Waals surface area contributed by atoms with Crippen LogP contribution >= 0.6 is 0 Å². The summed E-state index contributed by atoms with van der Waals surface area (Å²) in [7, 11) is 0. The average Bonchev–Trinajstić information content (AvgIpc) is 3.41. The molecule has 1 saturated carbocycles. The molecule has 6 nitrogen and oxygen atoms in total. The maximum Gasteiger partial charge on any atom is 0.226 e. The van der Waals surface area contributed by atoms with E-state index in [-0.39, 0.29) is 11.8 Å². The molecule has 6 heteroatoms. The Balaban J connectivity index is 1.58. The summed E-state index contributed by atoms with van der Waals surface area (Å²) in [5.41, 5.74) is 1.85. The van der Waals surface area contributed by atoms with E-state index in [1.807, 2.05) is 29.2 Å². The molecule has 3 rings (SSSR count). The number of para-hydroxylation sites is 2. The van der Waals surface area contributed by atoms with Gasteiger partial charge in [-0.25, -0.2) is 0 Å². The Labute approximate surface area is 142 Å². The van der Waals surface area contributed by atoms with Crippen LogP contribution < -0.4 is 10.2 Å². The van der Waals surface area contributed by atoms with Crippen LogP contribution in [0.5, 0.6) is 0 Å². The molecule has 2 aliphatic rings. The van der Waals surface area contributed by atoms with Crippen LogP contribution in [0.25, 0.3) is 0 Å². The Morgan fingerprint density at radius 2 is 1.96 bits per heavy atom.